The smallest absolute Gasteiger partial charge is 0.164 e. The monoisotopic (exact) mass is 490 g/mol. The van der Waals surface area contributed by atoms with Crippen LogP contribution >= 0.6 is 0 Å². The lowest BCUT2D eigenvalue weighted by Crippen LogP contribution is -2.29. The summed E-state index contributed by atoms with van der Waals surface area (Å²) in [5.74, 6) is 1.97. The van der Waals surface area contributed by atoms with Crippen LogP contribution < -0.4 is 0 Å². The van der Waals surface area contributed by atoms with Crippen LogP contribution in [0.5, 0.6) is 0 Å². The SMILES string of the molecule is N#Cc1cccc2c1C1(CCCCC1)c1cccc(-c3nc(-c4ccccc4)nc(-c4ccccc4)n3)c1-2. The van der Waals surface area contributed by atoms with Crippen molar-refractivity contribution in [3.63, 3.8) is 0 Å². The Hall–Kier alpha value is -4.62. The first kappa shape index (κ1) is 22.6. The van der Waals surface area contributed by atoms with Gasteiger partial charge in [-0.15, -0.1) is 0 Å². The first-order valence-electron chi connectivity index (χ1n) is 13.3. The molecule has 38 heavy (non-hydrogen) atoms. The van der Waals surface area contributed by atoms with Crippen molar-refractivity contribution in [1.82, 2.24) is 15.0 Å². The zero-order valence-corrected chi connectivity index (χ0v) is 21.1. The third-order valence-electron chi connectivity index (χ3n) is 8.16. The molecular formula is C34H26N4. The molecule has 0 radical (unpaired) electrons. The van der Waals surface area contributed by atoms with Crippen molar-refractivity contribution in [3.8, 4) is 51.4 Å². The van der Waals surface area contributed by atoms with Crippen molar-refractivity contribution >= 4 is 0 Å². The van der Waals surface area contributed by atoms with Crippen LogP contribution in [0, 0.1) is 11.3 Å². The molecule has 0 N–H and O–H groups in total. The fourth-order valence-corrected chi connectivity index (χ4v) is 6.54. The number of hydrogen-bond acceptors (Lipinski definition) is 4. The molecule has 0 unspecified atom stereocenters. The fourth-order valence-electron chi connectivity index (χ4n) is 6.54. The van der Waals surface area contributed by atoms with Crippen LogP contribution in [-0.4, -0.2) is 15.0 Å². The molecule has 4 heteroatoms. The van der Waals surface area contributed by atoms with Gasteiger partial charge in [0.05, 0.1) is 11.6 Å². The summed E-state index contributed by atoms with van der Waals surface area (Å²) in [6.07, 6.45) is 5.72. The lowest BCUT2D eigenvalue weighted by molar-refractivity contribution is 0.352. The third kappa shape index (κ3) is 3.47. The van der Waals surface area contributed by atoms with Crippen LogP contribution in [0.4, 0.5) is 0 Å². The zero-order chi connectivity index (χ0) is 25.5. The lowest BCUT2D eigenvalue weighted by Gasteiger charge is -2.36. The minimum Gasteiger partial charge on any atom is -0.208 e. The molecule has 1 heterocycles. The molecule has 5 aromatic rings. The molecule has 0 bridgehead atoms. The van der Waals surface area contributed by atoms with E-state index in [1.165, 1.54) is 36.0 Å². The molecule has 2 aliphatic carbocycles. The molecule has 0 amide bonds. The molecule has 182 valence electrons. The number of rotatable bonds is 3. The maximum atomic E-state index is 10.1. The zero-order valence-electron chi connectivity index (χ0n) is 21.1. The molecule has 1 fully saturated rings. The quantitative estimate of drug-likeness (QED) is 0.257. The van der Waals surface area contributed by atoms with Crippen molar-refractivity contribution in [3.05, 3.63) is 114 Å². The van der Waals surface area contributed by atoms with Gasteiger partial charge < -0.3 is 0 Å². The summed E-state index contributed by atoms with van der Waals surface area (Å²) in [6.45, 7) is 0. The first-order valence-corrected chi connectivity index (χ1v) is 13.3. The van der Waals surface area contributed by atoms with Gasteiger partial charge in [0.15, 0.2) is 17.5 Å². The molecule has 4 aromatic carbocycles. The Morgan fingerprint density at radius 1 is 0.579 bits per heavy atom. The molecule has 0 saturated heterocycles. The third-order valence-corrected chi connectivity index (χ3v) is 8.16. The molecule has 1 spiro atoms. The normalized spacial score (nSPS) is 15.0. The second kappa shape index (κ2) is 9.04. The Morgan fingerprint density at radius 3 is 1.79 bits per heavy atom. The van der Waals surface area contributed by atoms with Crippen LogP contribution in [0.2, 0.25) is 0 Å². The van der Waals surface area contributed by atoms with Gasteiger partial charge in [-0.25, -0.2) is 15.0 Å². The number of hydrogen-bond donors (Lipinski definition) is 0. The summed E-state index contributed by atoms with van der Waals surface area (Å²) < 4.78 is 0. The number of fused-ring (bicyclic) bond motifs is 5. The van der Waals surface area contributed by atoms with E-state index in [4.69, 9.17) is 15.0 Å². The molecule has 0 aliphatic heterocycles. The molecule has 1 aromatic heterocycles. The molecule has 0 atom stereocenters. The standard InChI is InChI=1S/C34H26N4/c35-22-25-16-10-17-26-29-27(18-11-19-28(29)34(30(25)26)20-8-3-9-21-34)33-37-31(23-12-4-1-5-13-23)36-32(38-33)24-14-6-2-7-15-24/h1-2,4-7,10-19H,3,8-9,20-21H2. The van der Waals surface area contributed by atoms with Gasteiger partial charge >= 0.3 is 0 Å². The Bertz CT molecular complexity index is 1640. The second-order valence-corrected chi connectivity index (χ2v) is 10.2. The van der Waals surface area contributed by atoms with E-state index < -0.39 is 0 Å². The van der Waals surface area contributed by atoms with Gasteiger partial charge in [-0.3, -0.25) is 0 Å². The van der Waals surface area contributed by atoms with E-state index in [1.807, 2.05) is 72.8 Å². The Kier molecular flexibility index (Phi) is 5.37. The van der Waals surface area contributed by atoms with E-state index in [9.17, 15) is 5.26 Å². The average molecular weight is 491 g/mol. The Balaban J connectivity index is 1.51. The molecule has 1 saturated carbocycles. The van der Waals surface area contributed by atoms with Gasteiger partial charge in [-0.1, -0.05) is 110 Å². The van der Waals surface area contributed by atoms with Crippen molar-refractivity contribution < 1.29 is 0 Å². The highest BCUT2D eigenvalue weighted by Crippen LogP contribution is 2.58. The predicted octanol–water partition coefficient (Wildman–Crippen LogP) is 7.97. The van der Waals surface area contributed by atoms with Crippen LogP contribution in [0.15, 0.2) is 97.1 Å². The maximum Gasteiger partial charge on any atom is 0.164 e. The molecule has 4 nitrogen and oxygen atoms in total. The number of nitrogens with zero attached hydrogens (tertiary/aromatic N) is 4. The molecule has 2 aliphatic rings. The average Bonchev–Trinajstić information content (AvgIpc) is 3.27. The summed E-state index contributed by atoms with van der Waals surface area (Å²) >= 11 is 0. The Morgan fingerprint density at radius 2 is 1.16 bits per heavy atom. The lowest BCUT2D eigenvalue weighted by atomic mass is 9.67. The van der Waals surface area contributed by atoms with Crippen LogP contribution in [-0.2, 0) is 5.41 Å². The van der Waals surface area contributed by atoms with Gasteiger partial charge in [-0.05, 0) is 41.2 Å². The summed E-state index contributed by atoms with van der Waals surface area (Å²) in [6, 6.07) is 35.4. The fraction of sp³-hybridized carbons (Fsp3) is 0.176. The summed E-state index contributed by atoms with van der Waals surface area (Å²) in [5.41, 5.74) is 8.41. The molecular weight excluding hydrogens is 464 g/mol. The second-order valence-electron chi connectivity index (χ2n) is 10.2. The van der Waals surface area contributed by atoms with Crippen molar-refractivity contribution in [2.75, 3.05) is 0 Å². The van der Waals surface area contributed by atoms with Crippen molar-refractivity contribution in [2.45, 2.75) is 37.5 Å². The number of aromatic nitrogens is 3. The van der Waals surface area contributed by atoms with E-state index >= 15 is 0 Å². The highest BCUT2D eigenvalue weighted by atomic mass is 15.0. The van der Waals surface area contributed by atoms with E-state index in [0.717, 1.165) is 40.7 Å². The minimum absolute atomic E-state index is 0.122. The van der Waals surface area contributed by atoms with Crippen molar-refractivity contribution in [2.24, 2.45) is 0 Å². The maximum absolute atomic E-state index is 10.1. The largest absolute Gasteiger partial charge is 0.208 e. The minimum atomic E-state index is -0.122. The van der Waals surface area contributed by atoms with Crippen LogP contribution in [0.25, 0.3) is 45.3 Å². The van der Waals surface area contributed by atoms with E-state index in [1.54, 1.807) is 0 Å². The number of nitriles is 1. The predicted molar refractivity (Wildman–Crippen MR) is 150 cm³/mol. The van der Waals surface area contributed by atoms with Crippen LogP contribution in [0.1, 0.15) is 48.8 Å². The Labute approximate surface area is 222 Å². The van der Waals surface area contributed by atoms with Gasteiger partial charge in [0.2, 0.25) is 0 Å². The van der Waals surface area contributed by atoms with Gasteiger partial charge in [0, 0.05) is 22.1 Å². The van der Waals surface area contributed by atoms with E-state index in [0.29, 0.717) is 17.5 Å². The van der Waals surface area contributed by atoms with Gasteiger partial charge in [0.25, 0.3) is 0 Å². The van der Waals surface area contributed by atoms with E-state index in [2.05, 4.69) is 30.3 Å². The first-order chi connectivity index (χ1) is 18.8. The summed E-state index contributed by atoms with van der Waals surface area (Å²) in [4.78, 5) is 15.0. The van der Waals surface area contributed by atoms with Crippen LogP contribution in [0.3, 0.4) is 0 Å². The molecule has 7 rings (SSSR count). The highest BCUT2D eigenvalue weighted by molar-refractivity contribution is 5.92. The van der Waals surface area contributed by atoms with Gasteiger partial charge in [0.1, 0.15) is 0 Å². The van der Waals surface area contributed by atoms with E-state index in [-0.39, 0.29) is 5.41 Å². The van der Waals surface area contributed by atoms with Crippen molar-refractivity contribution in [1.29, 1.82) is 5.26 Å². The summed E-state index contributed by atoms with van der Waals surface area (Å²) in [7, 11) is 0. The highest BCUT2D eigenvalue weighted by Gasteiger charge is 2.46. The van der Waals surface area contributed by atoms with Gasteiger partial charge in [-0.2, -0.15) is 5.26 Å². The topological polar surface area (TPSA) is 62.5 Å². The number of benzene rings is 4. The summed E-state index contributed by atoms with van der Waals surface area (Å²) in [5, 5.41) is 10.1.